The number of piperazine rings is 1. The summed E-state index contributed by atoms with van der Waals surface area (Å²) in [5.41, 5.74) is 4.23. The second-order valence-corrected chi connectivity index (χ2v) is 7.90. The topological polar surface area (TPSA) is 23.6 Å². The zero-order valence-corrected chi connectivity index (χ0v) is 16.3. The highest BCUT2D eigenvalue weighted by molar-refractivity contribution is 5.76. The van der Waals surface area contributed by atoms with Crippen molar-refractivity contribution in [1.82, 2.24) is 9.80 Å². The van der Waals surface area contributed by atoms with Gasteiger partial charge in [0.2, 0.25) is 5.91 Å². The van der Waals surface area contributed by atoms with Crippen molar-refractivity contribution in [3.8, 4) is 0 Å². The minimum atomic E-state index is 0.338. The summed E-state index contributed by atoms with van der Waals surface area (Å²) in [6.07, 6.45) is 4.04. The van der Waals surface area contributed by atoms with Gasteiger partial charge in [-0.15, -0.1) is 0 Å². The first-order valence-corrected chi connectivity index (χ1v) is 10.4. The summed E-state index contributed by atoms with van der Waals surface area (Å²) in [4.78, 5) is 17.4. The Morgan fingerprint density at radius 3 is 2.44 bits per heavy atom. The van der Waals surface area contributed by atoms with Crippen molar-refractivity contribution in [3.05, 3.63) is 71.3 Å². The highest BCUT2D eigenvalue weighted by Gasteiger charge is 2.37. The fraction of sp³-hybridized carbons (Fsp3) is 0.458. The summed E-state index contributed by atoms with van der Waals surface area (Å²) < 4.78 is 0. The standard InChI is InChI=1S/C24H30N2O/c1-2-3-5-14-24(27)26-16-15-25-17-22(19-10-6-4-7-11-19)20-12-8-9-13-21(20)23(25)18-26/h4,6-13,22-23H,2-3,5,14-18H2,1H3/t22-,23-/m0/s1. The van der Waals surface area contributed by atoms with Gasteiger partial charge in [0.1, 0.15) is 0 Å². The van der Waals surface area contributed by atoms with E-state index in [4.69, 9.17) is 0 Å². The Labute approximate surface area is 163 Å². The van der Waals surface area contributed by atoms with E-state index in [2.05, 4.69) is 71.3 Å². The maximum Gasteiger partial charge on any atom is 0.222 e. The van der Waals surface area contributed by atoms with Gasteiger partial charge in [0.05, 0.1) is 6.04 Å². The lowest BCUT2D eigenvalue weighted by atomic mass is 9.80. The highest BCUT2D eigenvalue weighted by atomic mass is 16.2. The van der Waals surface area contributed by atoms with Crippen LogP contribution in [0.4, 0.5) is 0 Å². The average molecular weight is 363 g/mol. The summed E-state index contributed by atoms with van der Waals surface area (Å²) in [6, 6.07) is 20.0. The molecule has 142 valence electrons. The van der Waals surface area contributed by atoms with Crippen molar-refractivity contribution in [2.24, 2.45) is 0 Å². The first-order chi connectivity index (χ1) is 13.3. The Morgan fingerprint density at radius 1 is 0.926 bits per heavy atom. The first-order valence-electron chi connectivity index (χ1n) is 10.4. The fourth-order valence-corrected chi connectivity index (χ4v) is 4.68. The van der Waals surface area contributed by atoms with Crippen LogP contribution in [0, 0.1) is 0 Å². The number of fused-ring (bicyclic) bond motifs is 3. The van der Waals surface area contributed by atoms with Gasteiger partial charge >= 0.3 is 0 Å². The van der Waals surface area contributed by atoms with Crippen LogP contribution in [-0.4, -0.2) is 41.9 Å². The van der Waals surface area contributed by atoms with Gasteiger partial charge < -0.3 is 4.90 Å². The number of carbonyl (C=O) groups is 1. The Hall–Kier alpha value is -2.13. The van der Waals surface area contributed by atoms with E-state index in [0.717, 1.165) is 45.4 Å². The average Bonchev–Trinajstić information content (AvgIpc) is 2.73. The van der Waals surface area contributed by atoms with Gasteiger partial charge in [0.25, 0.3) is 0 Å². The molecule has 0 aromatic heterocycles. The van der Waals surface area contributed by atoms with E-state index in [9.17, 15) is 4.79 Å². The molecule has 2 heterocycles. The van der Waals surface area contributed by atoms with E-state index in [1.165, 1.54) is 16.7 Å². The molecule has 0 spiro atoms. The normalized spacial score (nSPS) is 22.2. The largest absolute Gasteiger partial charge is 0.339 e. The molecule has 2 atom stereocenters. The highest BCUT2D eigenvalue weighted by Crippen LogP contribution is 2.40. The van der Waals surface area contributed by atoms with Crippen LogP contribution in [0.2, 0.25) is 0 Å². The molecule has 0 N–H and O–H groups in total. The molecule has 0 radical (unpaired) electrons. The molecule has 0 unspecified atom stereocenters. The van der Waals surface area contributed by atoms with E-state index >= 15 is 0 Å². The van der Waals surface area contributed by atoms with E-state index in [-0.39, 0.29) is 0 Å². The van der Waals surface area contributed by atoms with Crippen LogP contribution in [0.25, 0.3) is 0 Å². The Kier molecular flexibility index (Phi) is 5.58. The summed E-state index contributed by atoms with van der Waals surface area (Å²) in [7, 11) is 0. The van der Waals surface area contributed by atoms with Crippen LogP contribution in [-0.2, 0) is 4.79 Å². The first kappa shape index (κ1) is 18.2. The predicted octanol–water partition coefficient (Wildman–Crippen LogP) is 4.60. The minimum Gasteiger partial charge on any atom is -0.339 e. The number of unbranched alkanes of at least 4 members (excludes halogenated alkanes) is 2. The molecular formula is C24H30N2O. The van der Waals surface area contributed by atoms with Crippen molar-refractivity contribution in [2.45, 2.75) is 44.6 Å². The molecule has 1 amide bonds. The van der Waals surface area contributed by atoms with Gasteiger partial charge in [-0.3, -0.25) is 9.69 Å². The SMILES string of the molecule is CCCCCC(=O)N1CCN2C[C@@H](c3ccccc3)c3ccccc3[C@@H]2C1. The smallest absolute Gasteiger partial charge is 0.222 e. The van der Waals surface area contributed by atoms with E-state index in [0.29, 0.717) is 24.3 Å². The lowest BCUT2D eigenvalue weighted by Crippen LogP contribution is -2.53. The summed E-state index contributed by atoms with van der Waals surface area (Å²) in [6.45, 7) is 5.91. The summed E-state index contributed by atoms with van der Waals surface area (Å²) in [5.74, 6) is 0.760. The summed E-state index contributed by atoms with van der Waals surface area (Å²) >= 11 is 0. The van der Waals surface area contributed by atoms with Crippen LogP contribution in [0.3, 0.4) is 0 Å². The molecule has 2 aliphatic heterocycles. The van der Waals surface area contributed by atoms with Gasteiger partial charge in [-0.25, -0.2) is 0 Å². The molecule has 0 bridgehead atoms. The number of hydrogen-bond donors (Lipinski definition) is 0. The molecule has 0 saturated carbocycles. The molecule has 0 aliphatic carbocycles. The maximum atomic E-state index is 12.7. The van der Waals surface area contributed by atoms with Crippen LogP contribution < -0.4 is 0 Å². The van der Waals surface area contributed by atoms with Crippen molar-refractivity contribution in [3.63, 3.8) is 0 Å². The van der Waals surface area contributed by atoms with E-state index in [1.807, 2.05) is 0 Å². The predicted molar refractivity (Wildman–Crippen MR) is 110 cm³/mol. The second kappa shape index (κ2) is 8.26. The number of rotatable bonds is 5. The second-order valence-electron chi connectivity index (χ2n) is 7.90. The molecule has 1 saturated heterocycles. The van der Waals surface area contributed by atoms with Crippen LogP contribution in [0.5, 0.6) is 0 Å². The Morgan fingerprint density at radius 2 is 1.67 bits per heavy atom. The number of benzene rings is 2. The molecule has 2 aromatic rings. The summed E-state index contributed by atoms with van der Waals surface area (Å²) in [5, 5.41) is 0. The molecule has 4 rings (SSSR count). The lowest BCUT2D eigenvalue weighted by molar-refractivity contribution is -0.134. The number of amides is 1. The van der Waals surface area contributed by atoms with Gasteiger partial charge in [-0.1, -0.05) is 74.4 Å². The van der Waals surface area contributed by atoms with Crippen molar-refractivity contribution in [2.75, 3.05) is 26.2 Å². The Balaban J connectivity index is 1.56. The van der Waals surface area contributed by atoms with Gasteiger partial charge in [-0.2, -0.15) is 0 Å². The fourth-order valence-electron chi connectivity index (χ4n) is 4.68. The minimum absolute atomic E-state index is 0.338. The molecule has 3 heteroatoms. The van der Waals surface area contributed by atoms with E-state index in [1.54, 1.807) is 0 Å². The number of hydrogen-bond acceptors (Lipinski definition) is 2. The third kappa shape index (κ3) is 3.79. The molecular weight excluding hydrogens is 332 g/mol. The lowest BCUT2D eigenvalue weighted by Gasteiger charge is -2.47. The zero-order chi connectivity index (χ0) is 18.6. The third-order valence-corrected chi connectivity index (χ3v) is 6.19. The van der Waals surface area contributed by atoms with E-state index < -0.39 is 0 Å². The Bertz CT molecular complexity index is 773. The van der Waals surface area contributed by atoms with Crippen LogP contribution in [0.15, 0.2) is 54.6 Å². The monoisotopic (exact) mass is 362 g/mol. The molecule has 2 aliphatic rings. The van der Waals surface area contributed by atoms with Gasteiger partial charge in [-0.05, 0) is 23.1 Å². The molecule has 3 nitrogen and oxygen atoms in total. The molecule has 1 fully saturated rings. The zero-order valence-electron chi connectivity index (χ0n) is 16.3. The molecule has 2 aromatic carbocycles. The molecule has 27 heavy (non-hydrogen) atoms. The quantitative estimate of drug-likeness (QED) is 0.726. The number of carbonyl (C=O) groups excluding carboxylic acids is 1. The third-order valence-electron chi connectivity index (χ3n) is 6.19. The van der Waals surface area contributed by atoms with Gasteiger partial charge in [0, 0.05) is 38.5 Å². The van der Waals surface area contributed by atoms with Crippen LogP contribution >= 0.6 is 0 Å². The number of nitrogens with zero attached hydrogens (tertiary/aromatic N) is 2. The van der Waals surface area contributed by atoms with Crippen molar-refractivity contribution in [1.29, 1.82) is 0 Å². The van der Waals surface area contributed by atoms with Crippen molar-refractivity contribution < 1.29 is 4.79 Å². The van der Waals surface area contributed by atoms with Crippen LogP contribution in [0.1, 0.15) is 61.3 Å². The maximum absolute atomic E-state index is 12.7. The van der Waals surface area contributed by atoms with Crippen molar-refractivity contribution >= 4 is 5.91 Å². The van der Waals surface area contributed by atoms with Gasteiger partial charge in [0.15, 0.2) is 0 Å².